The highest BCUT2D eigenvalue weighted by atomic mass is 35.5. The topological polar surface area (TPSA) is 56.8 Å². The van der Waals surface area contributed by atoms with E-state index in [2.05, 4.69) is 9.88 Å². The lowest BCUT2D eigenvalue weighted by molar-refractivity contribution is -0.117. The molecule has 0 bridgehead atoms. The molecule has 9 heteroatoms. The molecule has 170 valence electrons. The number of halogens is 2. The number of hydrogen-bond acceptors (Lipinski definition) is 5. The third-order valence-corrected chi connectivity index (χ3v) is 7.31. The fraction of sp³-hybridized carbons (Fsp3) is 0.292. The van der Waals surface area contributed by atoms with Gasteiger partial charge in [-0.15, -0.1) is 11.3 Å². The van der Waals surface area contributed by atoms with E-state index in [0.717, 1.165) is 5.56 Å². The van der Waals surface area contributed by atoms with Gasteiger partial charge in [0.15, 0.2) is 5.01 Å². The van der Waals surface area contributed by atoms with E-state index in [-0.39, 0.29) is 17.9 Å². The van der Waals surface area contributed by atoms with Gasteiger partial charge in [-0.05, 0) is 29.8 Å². The second-order valence-corrected chi connectivity index (χ2v) is 9.51. The molecule has 2 aliphatic heterocycles. The van der Waals surface area contributed by atoms with E-state index in [9.17, 15) is 14.0 Å². The minimum Gasteiger partial charge on any atom is -0.334 e. The highest BCUT2D eigenvalue weighted by Gasteiger charge is 2.36. The van der Waals surface area contributed by atoms with Gasteiger partial charge in [0.2, 0.25) is 5.91 Å². The third-order valence-electron chi connectivity index (χ3n) is 6.22. The predicted molar refractivity (Wildman–Crippen MR) is 127 cm³/mol. The Hall–Kier alpha value is -2.81. The van der Waals surface area contributed by atoms with Crippen molar-refractivity contribution in [2.45, 2.75) is 12.5 Å². The van der Waals surface area contributed by atoms with Gasteiger partial charge in [-0.3, -0.25) is 14.5 Å². The van der Waals surface area contributed by atoms with Gasteiger partial charge in [0.1, 0.15) is 5.82 Å². The molecular formula is C24H22ClFN4O2S. The third kappa shape index (κ3) is 4.51. The summed E-state index contributed by atoms with van der Waals surface area (Å²) in [6.07, 6.45) is 2.01. The molecule has 2 amide bonds. The molecule has 5 rings (SSSR count). The summed E-state index contributed by atoms with van der Waals surface area (Å²) in [6, 6.07) is 11.9. The molecule has 0 spiro atoms. The molecule has 2 fully saturated rings. The van der Waals surface area contributed by atoms with Crippen molar-refractivity contribution >= 4 is 40.4 Å². The number of hydrogen-bond donors (Lipinski definition) is 0. The fourth-order valence-electron chi connectivity index (χ4n) is 4.52. The van der Waals surface area contributed by atoms with Crippen LogP contribution in [0.1, 0.15) is 16.2 Å². The molecule has 0 radical (unpaired) electrons. The van der Waals surface area contributed by atoms with Gasteiger partial charge < -0.3 is 9.80 Å². The minimum absolute atomic E-state index is 0.0293. The van der Waals surface area contributed by atoms with Crippen LogP contribution < -0.4 is 4.90 Å². The number of amides is 2. The van der Waals surface area contributed by atoms with E-state index in [1.807, 2.05) is 29.2 Å². The minimum atomic E-state index is -0.409. The average molecular weight is 485 g/mol. The van der Waals surface area contributed by atoms with Crippen molar-refractivity contribution < 1.29 is 14.0 Å². The van der Waals surface area contributed by atoms with Crippen molar-refractivity contribution in [2.75, 3.05) is 37.6 Å². The number of rotatable bonds is 4. The van der Waals surface area contributed by atoms with Gasteiger partial charge in [0.05, 0.1) is 0 Å². The molecule has 0 N–H and O–H groups in total. The number of carbonyl (C=O) groups excluding carboxylic acids is 2. The van der Waals surface area contributed by atoms with Crippen LogP contribution >= 0.6 is 22.9 Å². The number of thiazole rings is 1. The van der Waals surface area contributed by atoms with E-state index < -0.39 is 5.82 Å². The van der Waals surface area contributed by atoms with Crippen LogP contribution in [-0.2, 0) is 4.79 Å². The molecule has 6 nitrogen and oxygen atoms in total. The maximum absolute atomic E-state index is 14.5. The Morgan fingerprint density at radius 1 is 1.12 bits per heavy atom. The summed E-state index contributed by atoms with van der Waals surface area (Å²) in [5.41, 5.74) is 1.90. The van der Waals surface area contributed by atoms with E-state index in [0.29, 0.717) is 60.4 Å². The summed E-state index contributed by atoms with van der Waals surface area (Å²) in [7, 11) is 0. The van der Waals surface area contributed by atoms with Crippen LogP contribution in [0.3, 0.4) is 0 Å². The Bertz CT molecular complexity index is 1180. The van der Waals surface area contributed by atoms with Crippen molar-refractivity contribution in [3.05, 3.63) is 69.9 Å². The van der Waals surface area contributed by atoms with Crippen LogP contribution in [0.2, 0.25) is 5.02 Å². The lowest BCUT2D eigenvalue weighted by atomic mass is 10.0. The Morgan fingerprint density at radius 3 is 2.64 bits per heavy atom. The molecule has 0 saturated carbocycles. The van der Waals surface area contributed by atoms with Crippen LogP contribution in [-0.4, -0.2) is 65.4 Å². The molecule has 3 aromatic rings. The van der Waals surface area contributed by atoms with Gasteiger partial charge in [0.25, 0.3) is 5.91 Å². The van der Waals surface area contributed by atoms with E-state index in [4.69, 9.17) is 11.6 Å². The number of carbonyl (C=O) groups is 2. The van der Waals surface area contributed by atoms with Crippen molar-refractivity contribution in [1.82, 2.24) is 14.8 Å². The second kappa shape index (κ2) is 9.21. The quantitative estimate of drug-likeness (QED) is 0.558. The zero-order valence-corrected chi connectivity index (χ0v) is 19.4. The lowest BCUT2D eigenvalue weighted by Gasteiger charge is -2.37. The predicted octanol–water partition coefficient (Wildman–Crippen LogP) is 4.17. The number of aromatic nitrogens is 1. The van der Waals surface area contributed by atoms with Crippen LogP contribution in [0.15, 0.2) is 54.0 Å². The van der Waals surface area contributed by atoms with Gasteiger partial charge in [-0.25, -0.2) is 9.37 Å². The first-order chi connectivity index (χ1) is 16.0. The monoisotopic (exact) mass is 484 g/mol. The summed E-state index contributed by atoms with van der Waals surface area (Å²) >= 11 is 7.65. The maximum Gasteiger partial charge on any atom is 0.282 e. The summed E-state index contributed by atoms with van der Waals surface area (Å²) in [6.45, 7) is 3.07. The van der Waals surface area contributed by atoms with Crippen molar-refractivity contribution in [1.29, 1.82) is 0 Å². The maximum atomic E-state index is 14.5. The largest absolute Gasteiger partial charge is 0.334 e. The molecule has 3 heterocycles. The zero-order chi connectivity index (χ0) is 22.9. The Morgan fingerprint density at radius 2 is 1.91 bits per heavy atom. The standard InChI is InChI=1S/C24H22ClFN4O2S/c25-21-4-2-1-3-20(21)16-11-17(26)13-18(12-16)30-15-19(14-22(30)31)28-6-8-29(9-7-28)24(32)23-27-5-10-33-23/h1-5,10-13,19H,6-9,14-15H2. The molecule has 0 aliphatic carbocycles. The fourth-order valence-corrected chi connectivity index (χ4v) is 5.37. The van der Waals surface area contributed by atoms with Gasteiger partial charge in [0, 0.05) is 73.0 Å². The summed E-state index contributed by atoms with van der Waals surface area (Å²) in [4.78, 5) is 35.2. The molecule has 33 heavy (non-hydrogen) atoms. The summed E-state index contributed by atoms with van der Waals surface area (Å²) in [5, 5.41) is 2.84. The first-order valence-electron chi connectivity index (χ1n) is 10.8. The zero-order valence-electron chi connectivity index (χ0n) is 17.8. The summed E-state index contributed by atoms with van der Waals surface area (Å²) < 4.78 is 14.5. The highest BCUT2D eigenvalue weighted by molar-refractivity contribution is 7.11. The molecule has 1 atom stereocenters. The van der Waals surface area contributed by atoms with Crippen LogP contribution in [0.4, 0.5) is 10.1 Å². The Balaban J connectivity index is 1.28. The van der Waals surface area contributed by atoms with Crippen molar-refractivity contribution in [3.8, 4) is 11.1 Å². The number of benzene rings is 2. The molecule has 2 aromatic carbocycles. The highest BCUT2D eigenvalue weighted by Crippen LogP contribution is 2.33. The average Bonchev–Trinajstić information content (AvgIpc) is 3.49. The number of piperazine rings is 1. The molecule has 1 unspecified atom stereocenters. The van der Waals surface area contributed by atoms with E-state index >= 15 is 0 Å². The lowest BCUT2D eigenvalue weighted by Crippen LogP contribution is -2.52. The van der Waals surface area contributed by atoms with Gasteiger partial charge in [-0.2, -0.15) is 0 Å². The first-order valence-corrected chi connectivity index (χ1v) is 12.0. The SMILES string of the molecule is O=C(c1nccs1)N1CCN(C2CC(=O)N(c3cc(F)cc(-c4ccccc4Cl)c3)C2)CC1. The first kappa shape index (κ1) is 22.0. The van der Waals surface area contributed by atoms with Gasteiger partial charge >= 0.3 is 0 Å². The number of anilines is 1. The Kier molecular flexibility index (Phi) is 6.14. The molecule has 2 aliphatic rings. The van der Waals surface area contributed by atoms with Crippen molar-refractivity contribution in [3.63, 3.8) is 0 Å². The van der Waals surface area contributed by atoms with Crippen LogP contribution in [0.25, 0.3) is 11.1 Å². The van der Waals surface area contributed by atoms with Crippen LogP contribution in [0.5, 0.6) is 0 Å². The van der Waals surface area contributed by atoms with Crippen molar-refractivity contribution in [2.24, 2.45) is 0 Å². The van der Waals surface area contributed by atoms with E-state index in [1.54, 1.807) is 22.5 Å². The van der Waals surface area contributed by atoms with Crippen LogP contribution in [0, 0.1) is 5.82 Å². The summed E-state index contributed by atoms with van der Waals surface area (Å²) in [5.74, 6) is -0.481. The molecular weight excluding hydrogens is 463 g/mol. The smallest absolute Gasteiger partial charge is 0.282 e. The number of nitrogens with zero attached hydrogens (tertiary/aromatic N) is 4. The normalized spacial score (nSPS) is 19.3. The molecule has 1 aromatic heterocycles. The second-order valence-electron chi connectivity index (χ2n) is 8.21. The molecule has 2 saturated heterocycles. The van der Waals surface area contributed by atoms with Gasteiger partial charge in [-0.1, -0.05) is 29.8 Å². The Labute approximate surface area is 200 Å². The van der Waals surface area contributed by atoms with E-state index in [1.165, 1.54) is 23.5 Å².